The molecule has 1 atom stereocenters. The molecule has 1 amide bonds. The zero-order valence-electron chi connectivity index (χ0n) is 16.7. The van der Waals surface area contributed by atoms with Crippen molar-refractivity contribution >= 4 is 5.91 Å². The van der Waals surface area contributed by atoms with Crippen LogP contribution in [-0.2, 0) is 11.2 Å². The van der Waals surface area contributed by atoms with Crippen LogP contribution in [0.5, 0.6) is 11.5 Å². The van der Waals surface area contributed by atoms with Crippen molar-refractivity contribution in [2.24, 2.45) is 5.92 Å². The Balaban J connectivity index is 1.79. The van der Waals surface area contributed by atoms with Crippen molar-refractivity contribution in [2.45, 2.75) is 26.4 Å². The van der Waals surface area contributed by atoms with Crippen molar-refractivity contribution in [1.29, 1.82) is 0 Å². The smallest absolute Gasteiger partial charge is 0.225 e. The summed E-state index contributed by atoms with van der Waals surface area (Å²) in [5.41, 5.74) is 1.10. The summed E-state index contributed by atoms with van der Waals surface area (Å²) in [6.45, 7) is 11.3. The molecule has 1 aliphatic rings. The van der Waals surface area contributed by atoms with Gasteiger partial charge in [0.2, 0.25) is 5.91 Å². The lowest BCUT2D eigenvalue weighted by Crippen LogP contribution is -2.51. The molecule has 1 saturated heterocycles. The molecule has 150 valence electrons. The summed E-state index contributed by atoms with van der Waals surface area (Å²) >= 11 is 0. The van der Waals surface area contributed by atoms with Crippen LogP contribution in [0, 0.1) is 5.92 Å². The topological polar surface area (TPSA) is 62.2 Å². The van der Waals surface area contributed by atoms with Crippen LogP contribution in [0.1, 0.15) is 19.4 Å². The van der Waals surface area contributed by atoms with E-state index in [1.165, 1.54) is 0 Å². The largest absolute Gasteiger partial charge is 0.493 e. The number of methoxy groups -OCH3 is 1. The molecule has 0 radical (unpaired) electrons. The summed E-state index contributed by atoms with van der Waals surface area (Å²) < 4.78 is 11.1. The van der Waals surface area contributed by atoms with Gasteiger partial charge in [0, 0.05) is 38.6 Å². The van der Waals surface area contributed by atoms with Crippen LogP contribution in [0.4, 0.5) is 0 Å². The van der Waals surface area contributed by atoms with Gasteiger partial charge in [-0.05, 0) is 24.1 Å². The third-order valence-corrected chi connectivity index (χ3v) is 4.69. The molecule has 27 heavy (non-hydrogen) atoms. The van der Waals surface area contributed by atoms with Crippen molar-refractivity contribution in [3.05, 3.63) is 36.4 Å². The molecule has 0 spiro atoms. The molecular formula is C21H32N2O4. The van der Waals surface area contributed by atoms with Crippen LogP contribution in [0.25, 0.3) is 0 Å². The van der Waals surface area contributed by atoms with Gasteiger partial charge < -0.3 is 19.5 Å². The Morgan fingerprint density at radius 2 is 1.96 bits per heavy atom. The summed E-state index contributed by atoms with van der Waals surface area (Å²) in [4.78, 5) is 16.1. The van der Waals surface area contributed by atoms with Crippen molar-refractivity contribution in [3.8, 4) is 11.5 Å². The molecular weight excluding hydrogens is 344 g/mol. The Hall–Kier alpha value is -2.05. The fourth-order valence-corrected chi connectivity index (χ4v) is 3.18. The highest BCUT2D eigenvalue weighted by molar-refractivity contribution is 5.78. The van der Waals surface area contributed by atoms with E-state index in [1.54, 1.807) is 7.11 Å². The number of carbonyl (C=O) groups is 1. The second-order valence-corrected chi connectivity index (χ2v) is 7.22. The highest BCUT2D eigenvalue weighted by Gasteiger charge is 2.24. The van der Waals surface area contributed by atoms with E-state index >= 15 is 0 Å². The zero-order valence-corrected chi connectivity index (χ0v) is 16.7. The number of allylic oxidation sites excluding steroid dienone is 1. The van der Waals surface area contributed by atoms with Crippen LogP contribution in [-0.4, -0.2) is 73.4 Å². The van der Waals surface area contributed by atoms with Crippen LogP contribution >= 0.6 is 0 Å². The van der Waals surface area contributed by atoms with E-state index in [9.17, 15) is 9.90 Å². The van der Waals surface area contributed by atoms with E-state index in [1.807, 2.05) is 43.0 Å². The van der Waals surface area contributed by atoms with Crippen molar-refractivity contribution in [1.82, 2.24) is 9.80 Å². The molecule has 0 saturated carbocycles. The van der Waals surface area contributed by atoms with E-state index in [0.717, 1.165) is 25.1 Å². The maximum Gasteiger partial charge on any atom is 0.225 e. The Morgan fingerprint density at radius 1 is 1.26 bits per heavy atom. The summed E-state index contributed by atoms with van der Waals surface area (Å²) in [5, 5.41) is 10.3. The number of ether oxygens (including phenoxy) is 2. The van der Waals surface area contributed by atoms with E-state index in [2.05, 4.69) is 11.5 Å². The van der Waals surface area contributed by atoms with Crippen LogP contribution in [0.15, 0.2) is 30.9 Å². The minimum atomic E-state index is -0.602. The molecule has 2 rings (SSSR count). The number of amides is 1. The third kappa shape index (κ3) is 6.26. The molecule has 1 aromatic carbocycles. The number of β-amino-alcohol motifs (C(OH)–C–C–N with tert-alkyl or cyclic N) is 1. The number of carbonyl (C=O) groups excluding carboxylic acids is 1. The fraction of sp³-hybridized carbons (Fsp3) is 0.571. The number of piperazine rings is 1. The van der Waals surface area contributed by atoms with E-state index in [0.29, 0.717) is 31.1 Å². The number of benzene rings is 1. The average molecular weight is 376 g/mol. The summed E-state index contributed by atoms with van der Waals surface area (Å²) in [6, 6.07) is 5.76. The molecule has 1 N–H and O–H groups in total. The van der Waals surface area contributed by atoms with Gasteiger partial charge in [0.1, 0.15) is 12.7 Å². The van der Waals surface area contributed by atoms with Crippen molar-refractivity contribution < 1.29 is 19.4 Å². The number of nitrogens with zero attached hydrogens (tertiary/aromatic N) is 2. The predicted molar refractivity (Wildman–Crippen MR) is 106 cm³/mol. The highest BCUT2D eigenvalue weighted by Crippen LogP contribution is 2.28. The monoisotopic (exact) mass is 376 g/mol. The van der Waals surface area contributed by atoms with Gasteiger partial charge >= 0.3 is 0 Å². The molecule has 0 aliphatic carbocycles. The molecule has 1 heterocycles. The number of aliphatic hydroxyl groups is 1. The van der Waals surface area contributed by atoms with Gasteiger partial charge in [0.25, 0.3) is 0 Å². The first kappa shape index (κ1) is 21.3. The van der Waals surface area contributed by atoms with E-state index < -0.39 is 6.10 Å². The summed E-state index contributed by atoms with van der Waals surface area (Å²) in [6.07, 6.45) is 2.01. The Kier molecular flexibility index (Phi) is 8.13. The van der Waals surface area contributed by atoms with Crippen LogP contribution in [0.2, 0.25) is 0 Å². The van der Waals surface area contributed by atoms with Gasteiger partial charge in [0.05, 0.1) is 7.11 Å². The van der Waals surface area contributed by atoms with E-state index in [4.69, 9.17) is 9.47 Å². The average Bonchev–Trinajstić information content (AvgIpc) is 2.67. The predicted octanol–water partition coefficient (Wildman–Crippen LogP) is 1.96. The van der Waals surface area contributed by atoms with Gasteiger partial charge in [-0.2, -0.15) is 0 Å². The van der Waals surface area contributed by atoms with Gasteiger partial charge in [-0.1, -0.05) is 26.0 Å². The molecule has 1 fully saturated rings. The van der Waals surface area contributed by atoms with Gasteiger partial charge in [-0.15, -0.1) is 6.58 Å². The summed E-state index contributed by atoms with van der Waals surface area (Å²) in [7, 11) is 1.61. The quantitative estimate of drug-likeness (QED) is 0.668. The fourth-order valence-electron chi connectivity index (χ4n) is 3.18. The Bertz CT molecular complexity index is 625. The second kappa shape index (κ2) is 10.3. The lowest BCUT2D eigenvalue weighted by Gasteiger charge is -2.36. The second-order valence-electron chi connectivity index (χ2n) is 7.22. The number of hydrogen-bond donors (Lipinski definition) is 1. The first-order valence-corrected chi connectivity index (χ1v) is 9.54. The maximum atomic E-state index is 12.0. The first-order valence-electron chi connectivity index (χ1n) is 9.54. The SMILES string of the molecule is C=CCc1ccc(OC[C@H](O)CN2CCN(C(=O)C(C)C)CC2)c(OC)c1. The minimum Gasteiger partial charge on any atom is -0.493 e. The Labute approximate surface area is 162 Å². The molecule has 0 unspecified atom stereocenters. The van der Waals surface area contributed by atoms with Crippen LogP contribution < -0.4 is 9.47 Å². The highest BCUT2D eigenvalue weighted by atomic mass is 16.5. The number of aliphatic hydroxyl groups excluding tert-OH is 1. The summed E-state index contributed by atoms with van der Waals surface area (Å²) in [5.74, 6) is 1.51. The molecule has 1 aliphatic heterocycles. The van der Waals surface area contributed by atoms with Crippen molar-refractivity contribution in [3.63, 3.8) is 0 Å². The normalized spacial score (nSPS) is 16.3. The standard InChI is InChI=1S/C21H32N2O4/c1-5-6-17-7-8-19(20(13-17)26-4)27-15-18(24)14-22-9-11-23(12-10-22)21(25)16(2)3/h5,7-8,13,16,18,24H,1,6,9-12,14-15H2,2-4H3/t18-/m1/s1. The molecule has 6 heteroatoms. The molecule has 1 aromatic rings. The van der Waals surface area contributed by atoms with Crippen LogP contribution in [0.3, 0.4) is 0 Å². The molecule has 0 aromatic heterocycles. The van der Waals surface area contributed by atoms with Gasteiger partial charge in [-0.25, -0.2) is 0 Å². The lowest BCUT2D eigenvalue weighted by molar-refractivity contribution is -0.136. The molecule has 0 bridgehead atoms. The molecule has 6 nitrogen and oxygen atoms in total. The lowest BCUT2D eigenvalue weighted by atomic mass is 10.1. The zero-order chi connectivity index (χ0) is 19.8. The third-order valence-electron chi connectivity index (χ3n) is 4.69. The maximum absolute atomic E-state index is 12.0. The number of rotatable bonds is 9. The number of hydrogen-bond acceptors (Lipinski definition) is 5. The Morgan fingerprint density at radius 3 is 2.56 bits per heavy atom. The van der Waals surface area contributed by atoms with Crippen molar-refractivity contribution in [2.75, 3.05) is 46.4 Å². The minimum absolute atomic E-state index is 0.0309. The van der Waals surface area contributed by atoms with E-state index in [-0.39, 0.29) is 18.4 Å². The van der Waals surface area contributed by atoms with Gasteiger partial charge in [-0.3, -0.25) is 9.69 Å². The van der Waals surface area contributed by atoms with Gasteiger partial charge in [0.15, 0.2) is 11.5 Å². The first-order chi connectivity index (χ1) is 12.9.